The molecule has 33 heavy (non-hydrogen) atoms. The third kappa shape index (κ3) is 6.91. The molecular weight excluding hydrogens is 412 g/mol. The first-order valence-electron chi connectivity index (χ1n) is 11.5. The number of allylic oxidation sites excluding steroid dienone is 3. The molecule has 0 saturated heterocycles. The van der Waals surface area contributed by atoms with Crippen LogP contribution in [0.4, 0.5) is 10.5 Å². The molecule has 1 aromatic heterocycles. The summed E-state index contributed by atoms with van der Waals surface area (Å²) in [4.78, 5) is 23.3. The van der Waals surface area contributed by atoms with Crippen LogP contribution in [-0.2, 0) is 4.74 Å². The quantitative estimate of drug-likeness (QED) is 0.473. The van der Waals surface area contributed by atoms with Crippen molar-refractivity contribution in [1.82, 2.24) is 15.3 Å². The fourth-order valence-electron chi connectivity index (χ4n) is 3.57. The van der Waals surface area contributed by atoms with Crippen molar-refractivity contribution in [3.05, 3.63) is 60.1 Å². The fraction of sp³-hybridized carbons (Fsp3) is 0.444. The molecule has 1 heterocycles. The van der Waals surface area contributed by atoms with E-state index in [0.29, 0.717) is 13.1 Å². The number of methoxy groups -OCH3 is 1. The summed E-state index contributed by atoms with van der Waals surface area (Å²) in [5.41, 5.74) is 6.67. The summed E-state index contributed by atoms with van der Waals surface area (Å²) in [6, 6.07) is 8.30. The third-order valence-electron chi connectivity index (χ3n) is 5.57. The molecule has 1 amide bonds. The fourth-order valence-corrected chi connectivity index (χ4v) is 3.57. The van der Waals surface area contributed by atoms with Gasteiger partial charge in [0.25, 0.3) is 0 Å². The number of carbonyl (C=O) groups excluding carboxylic acids is 1. The highest BCUT2D eigenvalue weighted by Crippen LogP contribution is 2.36. The predicted molar refractivity (Wildman–Crippen MR) is 137 cm³/mol. The van der Waals surface area contributed by atoms with Gasteiger partial charge in [-0.05, 0) is 43.4 Å². The van der Waals surface area contributed by atoms with E-state index in [9.17, 15) is 4.79 Å². The smallest absolute Gasteiger partial charge is 0.406 e. The van der Waals surface area contributed by atoms with Gasteiger partial charge in [0, 0.05) is 36.5 Å². The van der Waals surface area contributed by atoms with E-state index in [-0.39, 0.29) is 5.41 Å². The first-order valence-corrected chi connectivity index (χ1v) is 11.5. The molecule has 0 atom stereocenters. The Labute approximate surface area is 198 Å². The molecule has 0 spiro atoms. The van der Waals surface area contributed by atoms with Crippen LogP contribution >= 0.6 is 0 Å². The molecule has 1 N–H and O–H groups in total. The van der Waals surface area contributed by atoms with E-state index in [1.54, 1.807) is 0 Å². The molecule has 0 fully saturated rings. The number of alkyl carbamates (subject to hydrolysis) is 1. The maximum atomic E-state index is 11.4. The lowest BCUT2D eigenvalue weighted by Gasteiger charge is -2.25. The van der Waals surface area contributed by atoms with Gasteiger partial charge in [0.05, 0.1) is 30.4 Å². The van der Waals surface area contributed by atoms with Gasteiger partial charge in [0.2, 0.25) is 0 Å². The van der Waals surface area contributed by atoms with Crippen molar-refractivity contribution in [3.63, 3.8) is 0 Å². The zero-order chi connectivity index (χ0) is 24.6. The number of aromatic nitrogens is 2. The third-order valence-corrected chi connectivity index (χ3v) is 5.57. The minimum atomic E-state index is -0.417. The molecule has 0 saturated carbocycles. The lowest BCUT2D eigenvalue weighted by atomic mass is 9.81. The molecule has 2 aromatic rings. The SMILES string of the molecule is C=C(/C(=C/C)c1nc(-c2cccc(N(CCC)CCNC(=O)OC)c2)cnc1C)C(C)(C)C. The number of anilines is 1. The number of hydrogen-bond donors (Lipinski definition) is 1. The van der Waals surface area contributed by atoms with Crippen LogP contribution in [0.3, 0.4) is 0 Å². The van der Waals surface area contributed by atoms with Crippen LogP contribution in [0.25, 0.3) is 16.8 Å². The Bertz CT molecular complexity index is 1010. The summed E-state index contributed by atoms with van der Waals surface area (Å²) in [6.45, 7) is 19.0. The van der Waals surface area contributed by atoms with E-state index in [2.05, 4.69) is 78.5 Å². The number of carbonyl (C=O) groups is 1. The van der Waals surface area contributed by atoms with E-state index in [1.807, 2.05) is 26.1 Å². The summed E-state index contributed by atoms with van der Waals surface area (Å²) in [5.74, 6) is 0. The van der Waals surface area contributed by atoms with E-state index in [1.165, 1.54) is 7.11 Å². The van der Waals surface area contributed by atoms with Crippen molar-refractivity contribution in [2.45, 2.75) is 48.0 Å². The van der Waals surface area contributed by atoms with Crippen molar-refractivity contribution in [2.75, 3.05) is 31.6 Å². The largest absolute Gasteiger partial charge is 0.453 e. The van der Waals surface area contributed by atoms with Crippen LogP contribution in [0.2, 0.25) is 0 Å². The second kappa shape index (κ2) is 11.6. The van der Waals surface area contributed by atoms with E-state index >= 15 is 0 Å². The Morgan fingerprint density at radius 2 is 2.00 bits per heavy atom. The highest BCUT2D eigenvalue weighted by atomic mass is 16.5. The second-order valence-corrected chi connectivity index (χ2v) is 9.08. The molecule has 1 aromatic carbocycles. The van der Waals surface area contributed by atoms with Crippen molar-refractivity contribution >= 4 is 17.4 Å². The molecule has 0 radical (unpaired) electrons. The van der Waals surface area contributed by atoms with E-state index in [0.717, 1.165) is 52.4 Å². The number of amides is 1. The van der Waals surface area contributed by atoms with Gasteiger partial charge >= 0.3 is 6.09 Å². The van der Waals surface area contributed by atoms with Gasteiger partial charge < -0.3 is 15.0 Å². The highest BCUT2D eigenvalue weighted by molar-refractivity contribution is 5.79. The van der Waals surface area contributed by atoms with Gasteiger partial charge in [-0.2, -0.15) is 0 Å². The first-order chi connectivity index (χ1) is 15.6. The van der Waals surface area contributed by atoms with Crippen LogP contribution in [0.15, 0.2) is 48.7 Å². The number of rotatable bonds is 9. The Morgan fingerprint density at radius 3 is 2.61 bits per heavy atom. The number of benzene rings is 1. The maximum absolute atomic E-state index is 11.4. The molecule has 6 heteroatoms. The molecule has 178 valence electrons. The number of nitrogens with zero attached hydrogens (tertiary/aromatic N) is 3. The monoisotopic (exact) mass is 450 g/mol. The lowest BCUT2D eigenvalue weighted by Crippen LogP contribution is -2.35. The molecule has 0 bridgehead atoms. The molecule has 0 aliphatic carbocycles. The van der Waals surface area contributed by atoms with Gasteiger partial charge in [-0.3, -0.25) is 4.98 Å². The summed E-state index contributed by atoms with van der Waals surface area (Å²) in [6.07, 6.45) is 4.48. The summed E-state index contributed by atoms with van der Waals surface area (Å²) in [7, 11) is 1.37. The Morgan fingerprint density at radius 1 is 1.27 bits per heavy atom. The van der Waals surface area contributed by atoms with Crippen molar-refractivity contribution in [3.8, 4) is 11.3 Å². The van der Waals surface area contributed by atoms with Crippen molar-refractivity contribution in [2.24, 2.45) is 5.41 Å². The Kier molecular flexibility index (Phi) is 9.21. The van der Waals surface area contributed by atoms with Gasteiger partial charge in [0.15, 0.2) is 0 Å². The van der Waals surface area contributed by atoms with E-state index in [4.69, 9.17) is 4.98 Å². The Balaban J connectivity index is 2.38. The average molecular weight is 451 g/mol. The number of ether oxygens (including phenoxy) is 1. The van der Waals surface area contributed by atoms with Gasteiger partial charge in [0.1, 0.15) is 0 Å². The standard InChI is InChI=1S/C27H38N4O2/c1-9-15-31(16-14-28-26(32)33-8)22-13-11-12-21(17-22)24-18-29-20(4)25(30-24)23(10-2)19(3)27(5,6)7/h10-13,17-18H,3,9,14-16H2,1-2,4-8H3,(H,28,32)/b23-10-. The van der Waals surface area contributed by atoms with Gasteiger partial charge in [-0.25, -0.2) is 9.78 Å². The topological polar surface area (TPSA) is 67.4 Å². The predicted octanol–water partition coefficient (Wildman–Crippen LogP) is 6.03. The van der Waals surface area contributed by atoms with E-state index < -0.39 is 6.09 Å². The number of hydrogen-bond acceptors (Lipinski definition) is 5. The summed E-state index contributed by atoms with van der Waals surface area (Å²) >= 11 is 0. The second-order valence-electron chi connectivity index (χ2n) is 9.08. The van der Waals surface area contributed by atoms with Gasteiger partial charge in [-0.1, -0.05) is 52.5 Å². The Hall–Kier alpha value is -3.15. The maximum Gasteiger partial charge on any atom is 0.406 e. The zero-order valence-electron chi connectivity index (χ0n) is 21.2. The van der Waals surface area contributed by atoms with Gasteiger partial charge in [-0.15, -0.1) is 0 Å². The van der Waals surface area contributed by atoms with Crippen LogP contribution in [0.1, 0.15) is 52.4 Å². The number of aryl methyl sites for hydroxylation is 1. The van der Waals surface area contributed by atoms with Crippen LogP contribution in [0, 0.1) is 12.3 Å². The summed E-state index contributed by atoms with van der Waals surface area (Å²) < 4.78 is 4.67. The minimum absolute atomic E-state index is 0.0647. The van der Waals surface area contributed by atoms with Crippen molar-refractivity contribution in [1.29, 1.82) is 0 Å². The van der Waals surface area contributed by atoms with Crippen molar-refractivity contribution < 1.29 is 9.53 Å². The lowest BCUT2D eigenvalue weighted by molar-refractivity contribution is 0.171. The van der Waals surface area contributed by atoms with Crippen LogP contribution in [-0.4, -0.2) is 42.8 Å². The molecule has 0 unspecified atom stereocenters. The molecular formula is C27H38N4O2. The van der Waals surface area contributed by atoms with Crippen LogP contribution in [0.5, 0.6) is 0 Å². The minimum Gasteiger partial charge on any atom is -0.453 e. The molecule has 0 aliphatic rings. The normalized spacial score (nSPS) is 11.8. The zero-order valence-corrected chi connectivity index (χ0v) is 21.2. The average Bonchev–Trinajstić information content (AvgIpc) is 2.79. The molecule has 0 aliphatic heterocycles. The molecule has 2 rings (SSSR count). The summed E-state index contributed by atoms with van der Waals surface area (Å²) in [5, 5.41) is 2.75. The highest BCUT2D eigenvalue weighted by Gasteiger charge is 2.22. The first kappa shape index (κ1) is 26.1. The number of nitrogens with one attached hydrogen (secondary N) is 1. The van der Waals surface area contributed by atoms with Crippen LogP contribution < -0.4 is 10.2 Å². The molecule has 6 nitrogen and oxygen atoms in total.